The number of nitrogens with two attached hydrogens (primary N) is 1. The average Bonchev–Trinajstić information content (AvgIpc) is 2.94. The number of piperidine rings is 1. The summed E-state index contributed by atoms with van der Waals surface area (Å²) >= 11 is 0. The van der Waals surface area contributed by atoms with Gasteiger partial charge in [-0.3, -0.25) is 9.59 Å². The van der Waals surface area contributed by atoms with E-state index in [4.69, 9.17) is 5.73 Å². The fourth-order valence-corrected chi connectivity index (χ4v) is 3.75. The molecule has 1 saturated heterocycles. The molecule has 0 spiro atoms. The number of carbonyl (C=O) groups excluding carboxylic acids is 1. The van der Waals surface area contributed by atoms with E-state index < -0.39 is 11.4 Å². The number of likely N-dealkylation sites (tertiary alicyclic amines) is 1. The molecule has 0 aromatic rings. The topological polar surface area (TPSA) is 83.6 Å². The number of rotatable bonds is 4. The summed E-state index contributed by atoms with van der Waals surface area (Å²) in [5.41, 5.74) is 5.12. The molecule has 0 radical (unpaired) electrons. The summed E-state index contributed by atoms with van der Waals surface area (Å²) in [7, 11) is 0. The third-order valence-electron chi connectivity index (χ3n) is 5.44. The lowest BCUT2D eigenvalue weighted by molar-refractivity contribution is -0.155. The van der Waals surface area contributed by atoms with Crippen molar-refractivity contribution in [2.45, 2.75) is 45.4 Å². The Morgan fingerprint density at radius 3 is 2.45 bits per heavy atom. The van der Waals surface area contributed by atoms with Crippen molar-refractivity contribution < 1.29 is 14.7 Å². The van der Waals surface area contributed by atoms with Crippen LogP contribution in [0.4, 0.5) is 0 Å². The van der Waals surface area contributed by atoms with Crippen LogP contribution < -0.4 is 5.73 Å². The van der Waals surface area contributed by atoms with E-state index in [1.54, 1.807) is 0 Å². The minimum absolute atomic E-state index is 0.0685. The normalized spacial score (nSPS) is 29.4. The molecular weight excluding hydrogens is 256 g/mol. The zero-order valence-corrected chi connectivity index (χ0v) is 12.3. The van der Waals surface area contributed by atoms with Crippen LogP contribution >= 0.6 is 0 Å². The molecular formula is C15H26N2O3. The maximum atomic E-state index is 12.6. The van der Waals surface area contributed by atoms with Crippen LogP contribution in [0.25, 0.3) is 0 Å². The van der Waals surface area contributed by atoms with E-state index in [1.807, 2.05) is 11.8 Å². The Morgan fingerprint density at radius 2 is 1.95 bits per heavy atom. The van der Waals surface area contributed by atoms with Crippen molar-refractivity contribution in [3.05, 3.63) is 0 Å². The van der Waals surface area contributed by atoms with E-state index in [9.17, 15) is 14.7 Å². The summed E-state index contributed by atoms with van der Waals surface area (Å²) < 4.78 is 0. The predicted molar refractivity (Wildman–Crippen MR) is 76.1 cm³/mol. The standard InChI is InChI=1S/C15H26N2O3/c1-2-15(14(19)20)6-8-17(9-7-15)13(18)12-5-3-4-11(12)10-16/h11-12H,2-10,16H2,1H3,(H,19,20). The molecule has 2 fully saturated rings. The summed E-state index contributed by atoms with van der Waals surface area (Å²) in [5, 5.41) is 9.39. The summed E-state index contributed by atoms with van der Waals surface area (Å²) in [5.74, 6) is -0.125. The van der Waals surface area contributed by atoms with Crippen molar-refractivity contribution in [2.24, 2.45) is 23.0 Å². The molecule has 2 atom stereocenters. The van der Waals surface area contributed by atoms with Crippen LogP contribution in [0.5, 0.6) is 0 Å². The van der Waals surface area contributed by atoms with Crippen molar-refractivity contribution in [1.29, 1.82) is 0 Å². The van der Waals surface area contributed by atoms with Gasteiger partial charge in [-0.15, -0.1) is 0 Å². The van der Waals surface area contributed by atoms with E-state index in [1.165, 1.54) is 0 Å². The molecule has 5 nitrogen and oxygen atoms in total. The Kier molecular flexibility index (Phi) is 4.68. The first-order valence-electron chi connectivity index (χ1n) is 7.76. The largest absolute Gasteiger partial charge is 0.481 e. The monoisotopic (exact) mass is 282 g/mol. The Labute approximate surface area is 120 Å². The van der Waals surface area contributed by atoms with Gasteiger partial charge in [-0.1, -0.05) is 13.3 Å². The molecule has 1 aliphatic carbocycles. The third-order valence-corrected chi connectivity index (χ3v) is 5.44. The van der Waals surface area contributed by atoms with Gasteiger partial charge in [0.2, 0.25) is 5.91 Å². The van der Waals surface area contributed by atoms with Crippen LogP contribution in [0, 0.1) is 17.3 Å². The molecule has 1 saturated carbocycles. The van der Waals surface area contributed by atoms with Crippen molar-refractivity contribution in [3.8, 4) is 0 Å². The number of nitrogens with zero attached hydrogens (tertiary/aromatic N) is 1. The van der Waals surface area contributed by atoms with Crippen LogP contribution in [0.3, 0.4) is 0 Å². The molecule has 2 aliphatic rings. The van der Waals surface area contributed by atoms with E-state index in [0.29, 0.717) is 44.8 Å². The lowest BCUT2D eigenvalue weighted by atomic mass is 9.76. The molecule has 114 valence electrons. The van der Waals surface area contributed by atoms with E-state index >= 15 is 0 Å². The molecule has 5 heteroatoms. The molecule has 0 aromatic heterocycles. The summed E-state index contributed by atoms with van der Waals surface area (Å²) in [4.78, 5) is 25.9. The fraction of sp³-hybridized carbons (Fsp3) is 0.867. The second-order valence-corrected chi connectivity index (χ2v) is 6.30. The molecule has 0 aromatic carbocycles. The highest BCUT2D eigenvalue weighted by Crippen LogP contribution is 2.38. The highest BCUT2D eigenvalue weighted by molar-refractivity contribution is 5.80. The number of amides is 1. The van der Waals surface area contributed by atoms with Gasteiger partial charge in [0.25, 0.3) is 0 Å². The van der Waals surface area contributed by atoms with Gasteiger partial charge in [0.1, 0.15) is 0 Å². The second kappa shape index (κ2) is 6.12. The Hall–Kier alpha value is -1.10. The smallest absolute Gasteiger partial charge is 0.309 e. The zero-order valence-electron chi connectivity index (χ0n) is 12.3. The Morgan fingerprint density at radius 1 is 1.30 bits per heavy atom. The lowest BCUT2D eigenvalue weighted by Gasteiger charge is -2.39. The maximum Gasteiger partial charge on any atom is 0.309 e. The van der Waals surface area contributed by atoms with Gasteiger partial charge in [-0.05, 0) is 44.6 Å². The van der Waals surface area contributed by atoms with Crippen LogP contribution in [-0.2, 0) is 9.59 Å². The van der Waals surface area contributed by atoms with Crippen LogP contribution in [-0.4, -0.2) is 41.5 Å². The van der Waals surface area contributed by atoms with Gasteiger partial charge in [0.05, 0.1) is 5.41 Å². The quantitative estimate of drug-likeness (QED) is 0.817. The van der Waals surface area contributed by atoms with E-state index in [0.717, 1.165) is 19.3 Å². The first kappa shape index (κ1) is 15.3. The minimum atomic E-state index is -0.715. The number of hydrogen-bond acceptors (Lipinski definition) is 3. The van der Waals surface area contributed by atoms with Crippen molar-refractivity contribution in [3.63, 3.8) is 0 Å². The second-order valence-electron chi connectivity index (χ2n) is 6.30. The van der Waals surface area contributed by atoms with Gasteiger partial charge in [-0.2, -0.15) is 0 Å². The summed E-state index contributed by atoms with van der Waals surface area (Å²) in [6, 6.07) is 0. The number of carboxylic acids is 1. The number of carboxylic acid groups (broad SMARTS) is 1. The number of carbonyl (C=O) groups is 2. The van der Waals surface area contributed by atoms with Gasteiger partial charge in [-0.25, -0.2) is 0 Å². The SMILES string of the molecule is CCC1(C(=O)O)CCN(C(=O)C2CCCC2CN)CC1. The lowest BCUT2D eigenvalue weighted by Crippen LogP contribution is -2.48. The van der Waals surface area contributed by atoms with Crippen molar-refractivity contribution in [1.82, 2.24) is 4.90 Å². The van der Waals surface area contributed by atoms with Crippen molar-refractivity contribution >= 4 is 11.9 Å². The first-order valence-corrected chi connectivity index (χ1v) is 7.76. The predicted octanol–water partition coefficient (Wildman–Crippen LogP) is 1.46. The summed E-state index contributed by atoms with van der Waals surface area (Å²) in [6.07, 6.45) is 4.86. The van der Waals surface area contributed by atoms with Gasteiger partial charge < -0.3 is 15.7 Å². The van der Waals surface area contributed by atoms with E-state index in [2.05, 4.69) is 0 Å². The number of hydrogen-bond donors (Lipinski definition) is 2. The molecule has 0 bridgehead atoms. The third kappa shape index (κ3) is 2.68. The molecule has 1 amide bonds. The van der Waals surface area contributed by atoms with Crippen LogP contribution in [0.2, 0.25) is 0 Å². The van der Waals surface area contributed by atoms with Crippen LogP contribution in [0.1, 0.15) is 45.4 Å². The van der Waals surface area contributed by atoms with Crippen molar-refractivity contribution in [2.75, 3.05) is 19.6 Å². The molecule has 3 N–H and O–H groups in total. The molecule has 2 rings (SSSR count). The fourth-order valence-electron chi connectivity index (χ4n) is 3.75. The molecule has 20 heavy (non-hydrogen) atoms. The Balaban J connectivity index is 1.96. The van der Waals surface area contributed by atoms with Gasteiger partial charge >= 0.3 is 5.97 Å². The van der Waals surface area contributed by atoms with Gasteiger partial charge in [0.15, 0.2) is 0 Å². The highest BCUT2D eigenvalue weighted by Gasteiger charge is 2.43. The number of aliphatic carboxylic acids is 1. The highest BCUT2D eigenvalue weighted by atomic mass is 16.4. The maximum absolute atomic E-state index is 12.6. The zero-order chi connectivity index (χ0) is 14.8. The minimum Gasteiger partial charge on any atom is -0.481 e. The molecule has 2 unspecified atom stereocenters. The van der Waals surface area contributed by atoms with Gasteiger partial charge in [0, 0.05) is 19.0 Å². The molecule has 1 aliphatic heterocycles. The molecule has 1 heterocycles. The first-order chi connectivity index (χ1) is 9.54. The average molecular weight is 282 g/mol. The van der Waals surface area contributed by atoms with E-state index in [-0.39, 0.29) is 11.8 Å². The summed E-state index contributed by atoms with van der Waals surface area (Å²) in [6.45, 7) is 3.66. The Bertz CT molecular complexity index is 375. The van der Waals surface area contributed by atoms with Crippen LogP contribution in [0.15, 0.2) is 0 Å².